The lowest BCUT2D eigenvalue weighted by atomic mass is 10.2. The third-order valence-electron chi connectivity index (χ3n) is 2.40. The molecule has 0 aromatic heterocycles. The van der Waals surface area contributed by atoms with E-state index in [-0.39, 0.29) is 5.75 Å². The highest BCUT2D eigenvalue weighted by Gasteiger charge is 2.27. The van der Waals surface area contributed by atoms with Gasteiger partial charge in [-0.25, -0.2) is 12.7 Å². The molecule has 0 N–H and O–H groups in total. The largest absolute Gasteiger partial charge is 0.218 e. The predicted molar refractivity (Wildman–Crippen MR) is 55.3 cm³/mol. The molecule has 1 fully saturated rings. The second kappa shape index (κ2) is 3.71. The van der Waals surface area contributed by atoms with Gasteiger partial charge in [0, 0.05) is 13.1 Å². The maximum atomic E-state index is 11.7. The number of sulfonamides is 1. The van der Waals surface area contributed by atoms with Gasteiger partial charge in [-0.2, -0.15) is 0 Å². The van der Waals surface area contributed by atoms with Crippen LogP contribution >= 0.6 is 0 Å². The van der Waals surface area contributed by atoms with Gasteiger partial charge in [0.1, 0.15) is 0 Å². The molecule has 0 atom stereocenters. The molecule has 0 aliphatic carbocycles. The fraction of sp³-hybridized carbons (Fsp3) is 0.400. The van der Waals surface area contributed by atoms with Crippen molar-refractivity contribution < 1.29 is 8.42 Å². The smallest absolute Gasteiger partial charge is 0.212 e. The van der Waals surface area contributed by atoms with Gasteiger partial charge < -0.3 is 0 Å². The Morgan fingerprint density at radius 1 is 1.14 bits per heavy atom. The van der Waals surface area contributed by atoms with E-state index in [2.05, 4.69) is 0 Å². The minimum absolute atomic E-state index is 0.133. The van der Waals surface area contributed by atoms with Crippen molar-refractivity contribution in [3.05, 3.63) is 35.9 Å². The van der Waals surface area contributed by atoms with Gasteiger partial charge in [0.2, 0.25) is 10.0 Å². The SMILES string of the molecule is O=S(=O)(Cc1ccccc1)N1CCC1. The van der Waals surface area contributed by atoms with Crippen LogP contribution in [0.25, 0.3) is 0 Å². The average Bonchev–Trinajstić information content (AvgIpc) is 2.00. The van der Waals surface area contributed by atoms with Crippen molar-refractivity contribution in [2.24, 2.45) is 0 Å². The molecule has 14 heavy (non-hydrogen) atoms. The van der Waals surface area contributed by atoms with Gasteiger partial charge in [-0.15, -0.1) is 0 Å². The lowest BCUT2D eigenvalue weighted by Gasteiger charge is -2.29. The molecule has 0 bridgehead atoms. The standard InChI is InChI=1S/C10H13NO2S/c12-14(13,11-7-4-8-11)9-10-5-2-1-3-6-10/h1-3,5-6H,4,7-9H2. The Morgan fingerprint density at radius 2 is 1.79 bits per heavy atom. The van der Waals surface area contributed by atoms with E-state index in [0.29, 0.717) is 13.1 Å². The van der Waals surface area contributed by atoms with E-state index in [1.807, 2.05) is 30.3 Å². The number of rotatable bonds is 3. The Labute approximate surface area is 84.4 Å². The molecule has 1 aromatic rings. The Kier molecular flexibility index (Phi) is 2.56. The van der Waals surface area contributed by atoms with Crippen molar-refractivity contribution in [3.63, 3.8) is 0 Å². The molecule has 1 aromatic carbocycles. The van der Waals surface area contributed by atoms with Crippen LogP contribution in [0.3, 0.4) is 0 Å². The van der Waals surface area contributed by atoms with Crippen LogP contribution in [-0.4, -0.2) is 25.8 Å². The van der Waals surface area contributed by atoms with Crippen molar-refractivity contribution >= 4 is 10.0 Å². The summed E-state index contributed by atoms with van der Waals surface area (Å²) in [4.78, 5) is 0. The molecule has 0 saturated carbocycles. The summed E-state index contributed by atoms with van der Waals surface area (Å²) in [7, 11) is -3.04. The molecule has 0 amide bonds. The zero-order valence-corrected chi connectivity index (χ0v) is 8.70. The summed E-state index contributed by atoms with van der Waals surface area (Å²) < 4.78 is 25.0. The first-order valence-electron chi connectivity index (χ1n) is 4.70. The van der Waals surface area contributed by atoms with E-state index < -0.39 is 10.0 Å². The summed E-state index contributed by atoms with van der Waals surface area (Å²) in [5, 5.41) is 0. The molecule has 1 saturated heterocycles. The Bertz CT molecular complexity index is 395. The monoisotopic (exact) mass is 211 g/mol. The van der Waals surface area contributed by atoms with Gasteiger partial charge >= 0.3 is 0 Å². The number of hydrogen-bond donors (Lipinski definition) is 0. The van der Waals surface area contributed by atoms with Crippen molar-refractivity contribution in [3.8, 4) is 0 Å². The second-order valence-corrected chi connectivity index (χ2v) is 5.46. The number of hydrogen-bond acceptors (Lipinski definition) is 2. The van der Waals surface area contributed by atoms with Gasteiger partial charge in [0.15, 0.2) is 0 Å². The fourth-order valence-corrected chi connectivity index (χ4v) is 3.05. The van der Waals surface area contributed by atoms with Gasteiger partial charge in [0.25, 0.3) is 0 Å². The Hall–Kier alpha value is -0.870. The van der Waals surface area contributed by atoms with Crippen LogP contribution in [0.5, 0.6) is 0 Å². The zero-order valence-electron chi connectivity index (χ0n) is 7.89. The first-order valence-corrected chi connectivity index (χ1v) is 6.31. The maximum Gasteiger partial charge on any atom is 0.218 e. The van der Waals surface area contributed by atoms with E-state index in [9.17, 15) is 8.42 Å². The lowest BCUT2D eigenvalue weighted by Crippen LogP contribution is -2.42. The Morgan fingerprint density at radius 3 is 2.29 bits per heavy atom. The second-order valence-electron chi connectivity index (χ2n) is 3.49. The number of benzene rings is 1. The molecular weight excluding hydrogens is 198 g/mol. The van der Waals surface area contributed by atoms with Gasteiger partial charge in [0.05, 0.1) is 5.75 Å². The molecule has 0 unspecified atom stereocenters. The van der Waals surface area contributed by atoms with Crippen LogP contribution in [0.2, 0.25) is 0 Å². The molecule has 3 nitrogen and oxygen atoms in total. The summed E-state index contributed by atoms with van der Waals surface area (Å²) in [5.74, 6) is 0.133. The van der Waals surface area contributed by atoms with E-state index >= 15 is 0 Å². The molecule has 2 rings (SSSR count). The molecule has 1 aliphatic heterocycles. The van der Waals surface area contributed by atoms with Gasteiger partial charge in [-0.1, -0.05) is 30.3 Å². The van der Waals surface area contributed by atoms with Crippen LogP contribution in [-0.2, 0) is 15.8 Å². The average molecular weight is 211 g/mol. The highest BCUT2D eigenvalue weighted by Crippen LogP contribution is 2.16. The summed E-state index contributed by atoms with van der Waals surface area (Å²) in [6.45, 7) is 1.38. The van der Waals surface area contributed by atoms with Crippen molar-refractivity contribution in [2.45, 2.75) is 12.2 Å². The van der Waals surface area contributed by atoms with Gasteiger partial charge in [-0.05, 0) is 12.0 Å². The zero-order chi connectivity index (χ0) is 10.0. The minimum Gasteiger partial charge on any atom is -0.212 e. The third-order valence-corrected chi connectivity index (χ3v) is 4.25. The molecular formula is C10H13NO2S. The van der Waals surface area contributed by atoms with E-state index in [0.717, 1.165) is 12.0 Å². The van der Waals surface area contributed by atoms with Crippen molar-refractivity contribution in [2.75, 3.05) is 13.1 Å². The quantitative estimate of drug-likeness (QED) is 0.754. The van der Waals surface area contributed by atoms with Crippen LogP contribution < -0.4 is 0 Å². The first kappa shape index (κ1) is 9.68. The van der Waals surface area contributed by atoms with E-state index in [1.54, 1.807) is 4.31 Å². The summed E-state index contributed by atoms with van der Waals surface area (Å²) in [5.41, 5.74) is 0.861. The Balaban J connectivity index is 2.10. The van der Waals surface area contributed by atoms with Crippen molar-refractivity contribution in [1.29, 1.82) is 0 Å². The summed E-state index contributed by atoms with van der Waals surface area (Å²) in [6, 6.07) is 9.30. The lowest BCUT2D eigenvalue weighted by molar-refractivity contribution is 0.309. The van der Waals surface area contributed by atoms with Crippen LogP contribution in [0.1, 0.15) is 12.0 Å². The van der Waals surface area contributed by atoms with E-state index in [4.69, 9.17) is 0 Å². The van der Waals surface area contributed by atoms with Gasteiger partial charge in [-0.3, -0.25) is 0 Å². The summed E-state index contributed by atoms with van der Waals surface area (Å²) >= 11 is 0. The van der Waals surface area contributed by atoms with Crippen LogP contribution in [0.4, 0.5) is 0 Å². The first-order chi connectivity index (χ1) is 6.68. The van der Waals surface area contributed by atoms with Crippen LogP contribution in [0, 0.1) is 0 Å². The predicted octanol–water partition coefficient (Wildman–Crippen LogP) is 1.22. The highest BCUT2D eigenvalue weighted by molar-refractivity contribution is 7.88. The van der Waals surface area contributed by atoms with Crippen molar-refractivity contribution in [1.82, 2.24) is 4.31 Å². The molecule has 1 aliphatic rings. The molecule has 4 heteroatoms. The van der Waals surface area contributed by atoms with E-state index in [1.165, 1.54) is 0 Å². The molecule has 76 valence electrons. The molecule has 1 heterocycles. The topological polar surface area (TPSA) is 37.4 Å². The summed E-state index contributed by atoms with van der Waals surface area (Å²) in [6.07, 6.45) is 0.994. The fourth-order valence-electron chi connectivity index (χ4n) is 1.44. The molecule has 0 radical (unpaired) electrons. The number of nitrogens with zero attached hydrogens (tertiary/aromatic N) is 1. The van der Waals surface area contributed by atoms with Crippen LogP contribution in [0.15, 0.2) is 30.3 Å². The molecule has 0 spiro atoms. The highest BCUT2D eigenvalue weighted by atomic mass is 32.2. The normalized spacial score (nSPS) is 17.7. The third kappa shape index (κ3) is 1.96. The minimum atomic E-state index is -3.04. The maximum absolute atomic E-state index is 11.7.